The Labute approximate surface area is 58.5 Å². The maximum absolute atomic E-state index is 9.20. The fourth-order valence-electron chi connectivity index (χ4n) is 1.24. The highest BCUT2D eigenvalue weighted by Crippen LogP contribution is 2.10. The van der Waals surface area contributed by atoms with E-state index in [-0.39, 0.29) is 6.10 Å². The minimum Gasteiger partial charge on any atom is -0.391 e. The van der Waals surface area contributed by atoms with Crippen LogP contribution in [0.15, 0.2) is 6.33 Å². The lowest BCUT2D eigenvalue weighted by Gasteiger charge is -2.17. The zero-order chi connectivity index (χ0) is 6.97. The summed E-state index contributed by atoms with van der Waals surface area (Å²) in [7, 11) is 0. The Kier molecular flexibility index (Phi) is 1.20. The van der Waals surface area contributed by atoms with Gasteiger partial charge in [-0.05, 0) is 6.42 Å². The van der Waals surface area contributed by atoms with Crippen LogP contribution in [0.5, 0.6) is 0 Å². The van der Waals surface area contributed by atoms with Crippen LogP contribution in [0.4, 0.5) is 0 Å². The molecule has 0 aromatic carbocycles. The molecule has 1 atom stereocenters. The van der Waals surface area contributed by atoms with E-state index in [1.165, 1.54) is 0 Å². The first-order valence-electron chi connectivity index (χ1n) is 3.41. The zero-order valence-corrected chi connectivity index (χ0v) is 5.56. The lowest BCUT2D eigenvalue weighted by molar-refractivity contribution is 0.130. The van der Waals surface area contributed by atoms with Crippen LogP contribution >= 0.6 is 0 Å². The number of fused-ring (bicyclic) bond motifs is 1. The first-order chi connectivity index (χ1) is 4.86. The molecule has 4 heteroatoms. The second-order valence-corrected chi connectivity index (χ2v) is 2.59. The van der Waals surface area contributed by atoms with Crippen LogP contribution in [0.3, 0.4) is 0 Å². The molecule has 1 N–H and O–H groups in total. The number of hydrogen-bond acceptors (Lipinski definition) is 3. The molecular weight excluding hydrogens is 130 g/mol. The Balaban J connectivity index is 2.30. The topological polar surface area (TPSA) is 50.9 Å². The summed E-state index contributed by atoms with van der Waals surface area (Å²) in [4.78, 5) is 0. The monoisotopic (exact) mass is 139 g/mol. The highest BCUT2D eigenvalue weighted by Gasteiger charge is 2.16. The van der Waals surface area contributed by atoms with Crippen LogP contribution in [-0.2, 0) is 13.0 Å². The van der Waals surface area contributed by atoms with Gasteiger partial charge in [0.25, 0.3) is 0 Å². The maximum Gasteiger partial charge on any atom is 0.132 e. The summed E-state index contributed by atoms with van der Waals surface area (Å²) in [6.07, 6.45) is 3.13. The lowest BCUT2D eigenvalue weighted by Crippen LogP contribution is -2.23. The molecular formula is C6H9N3O. The number of aliphatic hydroxyl groups is 1. The fraction of sp³-hybridized carbons (Fsp3) is 0.667. The van der Waals surface area contributed by atoms with E-state index in [1.807, 2.05) is 4.57 Å². The Morgan fingerprint density at radius 3 is 3.50 bits per heavy atom. The average molecular weight is 139 g/mol. The van der Waals surface area contributed by atoms with E-state index >= 15 is 0 Å². The van der Waals surface area contributed by atoms with Gasteiger partial charge in [0.05, 0.1) is 12.6 Å². The van der Waals surface area contributed by atoms with Crippen molar-refractivity contribution in [2.75, 3.05) is 0 Å². The average Bonchev–Trinajstić information content (AvgIpc) is 2.33. The third-order valence-corrected chi connectivity index (χ3v) is 1.80. The van der Waals surface area contributed by atoms with Crippen molar-refractivity contribution >= 4 is 0 Å². The molecule has 1 aromatic rings. The van der Waals surface area contributed by atoms with Gasteiger partial charge in [-0.3, -0.25) is 0 Å². The molecule has 1 unspecified atom stereocenters. The Morgan fingerprint density at radius 2 is 2.60 bits per heavy atom. The molecule has 1 aliphatic heterocycles. The molecule has 0 bridgehead atoms. The first-order valence-corrected chi connectivity index (χ1v) is 3.41. The van der Waals surface area contributed by atoms with E-state index in [2.05, 4.69) is 10.2 Å². The highest BCUT2D eigenvalue weighted by atomic mass is 16.3. The fourth-order valence-corrected chi connectivity index (χ4v) is 1.24. The third-order valence-electron chi connectivity index (χ3n) is 1.80. The molecule has 4 nitrogen and oxygen atoms in total. The molecule has 0 amide bonds. The number of hydrogen-bond donors (Lipinski definition) is 1. The minimum absolute atomic E-state index is 0.205. The smallest absolute Gasteiger partial charge is 0.132 e. The van der Waals surface area contributed by atoms with Crippen molar-refractivity contribution < 1.29 is 5.11 Å². The molecule has 1 aliphatic rings. The predicted molar refractivity (Wildman–Crippen MR) is 34.3 cm³/mol. The van der Waals surface area contributed by atoms with Gasteiger partial charge in [-0.2, -0.15) is 0 Å². The molecule has 2 rings (SSSR count). The van der Waals surface area contributed by atoms with Crippen molar-refractivity contribution in [3.05, 3.63) is 12.2 Å². The second kappa shape index (κ2) is 2.05. The summed E-state index contributed by atoms with van der Waals surface area (Å²) in [5.74, 6) is 0.991. The predicted octanol–water partition coefficient (Wildman–Crippen LogP) is -0.415. The Hall–Kier alpha value is -0.900. The van der Waals surface area contributed by atoms with Crippen LogP contribution in [0, 0.1) is 0 Å². The van der Waals surface area contributed by atoms with Crippen LogP contribution < -0.4 is 0 Å². The minimum atomic E-state index is -0.205. The molecule has 54 valence electrons. The summed E-state index contributed by atoms with van der Waals surface area (Å²) in [5.41, 5.74) is 0. The SMILES string of the molecule is OC1CCc2nncn2C1. The molecule has 1 aromatic heterocycles. The van der Waals surface area contributed by atoms with Gasteiger partial charge >= 0.3 is 0 Å². The first kappa shape index (κ1) is 5.85. The zero-order valence-electron chi connectivity index (χ0n) is 5.56. The number of aryl methyl sites for hydroxylation is 1. The van der Waals surface area contributed by atoms with Crippen LogP contribution in [-0.4, -0.2) is 26.0 Å². The number of aromatic nitrogens is 3. The lowest BCUT2D eigenvalue weighted by atomic mass is 10.1. The summed E-state index contributed by atoms with van der Waals surface area (Å²) in [6.45, 7) is 0.655. The van der Waals surface area contributed by atoms with Gasteiger partial charge in [-0.1, -0.05) is 0 Å². The summed E-state index contributed by atoms with van der Waals surface area (Å²) < 4.78 is 1.90. The van der Waals surface area contributed by atoms with Gasteiger partial charge in [-0.25, -0.2) is 0 Å². The molecule has 0 spiro atoms. The van der Waals surface area contributed by atoms with Gasteiger partial charge in [0, 0.05) is 6.42 Å². The van der Waals surface area contributed by atoms with Gasteiger partial charge in [0.15, 0.2) is 0 Å². The van der Waals surface area contributed by atoms with E-state index in [9.17, 15) is 5.11 Å². The van der Waals surface area contributed by atoms with Crippen LogP contribution in [0.25, 0.3) is 0 Å². The van der Waals surface area contributed by atoms with Crippen LogP contribution in [0.2, 0.25) is 0 Å². The Morgan fingerprint density at radius 1 is 1.70 bits per heavy atom. The van der Waals surface area contributed by atoms with Crippen LogP contribution in [0.1, 0.15) is 12.2 Å². The van der Waals surface area contributed by atoms with E-state index < -0.39 is 0 Å². The van der Waals surface area contributed by atoms with Gasteiger partial charge < -0.3 is 9.67 Å². The largest absolute Gasteiger partial charge is 0.391 e. The Bertz CT molecular complexity index is 233. The normalized spacial score (nSPS) is 24.3. The molecule has 0 saturated carbocycles. The third kappa shape index (κ3) is 0.806. The van der Waals surface area contributed by atoms with Crippen molar-refractivity contribution in [3.8, 4) is 0 Å². The molecule has 0 fully saturated rings. The number of aliphatic hydroxyl groups excluding tert-OH is 1. The quantitative estimate of drug-likeness (QED) is 0.531. The van der Waals surface area contributed by atoms with E-state index in [4.69, 9.17) is 0 Å². The van der Waals surface area contributed by atoms with Crippen molar-refractivity contribution in [3.63, 3.8) is 0 Å². The second-order valence-electron chi connectivity index (χ2n) is 2.59. The summed E-state index contributed by atoms with van der Waals surface area (Å²) in [5, 5.41) is 16.8. The van der Waals surface area contributed by atoms with Crippen molar-refractivity contribution in [1.82, 2.24) is 14.8 Å². The van der Waals surface area contributed by atoms with Crippen molar-refractivity contribution in [1.29, 1.82) is 0 Å². The number of rotatable bonds is 0. The number of nitrogens with zero attached hydrogens (tertiary/aromatic N) is 3. The van der Waals surface area contributed by atoms with Gasteiger partial charge in [-0.15, -0.1) is 10.2 Å². The van der Waals surface area contributed by atoms with Crippen molar-refractivity contribution in [2.45, 2.75) is 25.5 Å². The van der Waals surface area contributed by atoms with Gasteiger partial charge in [0.2, 0.25) is 0 Å². The summed E-state index contributed by atoms with van der Waals surface area (Å²) >= 11 is 0. The molecule has 0 radical (unpaired) electrons. The maximum atomic E-state index is 9.20. The highest BCUT2D eigenvalue weighted by molar-refractivity contribution is 4.91. The molecule has 10 heavy (non-hydrogen) atoms. The standard InChI is InChI=1S/C6H9N3O/c10-5-1-2-6-8-7-4-9(6)3-5/h4-5,10H,1-3H2. The van der Waals surface area contributed by atoms with E-state index in [0.29, 0.717) is 6.54 Å². The summed E-state index contributed by atoms with van der Waals surface area (Å²) in [6, 6.07) is 0. The molecule has 0 saturated heterocycles. The van der Waals surface area contributed by atoms with E-state index in [0.717, 1.165) is 18.7 Å². The molecule has 0 aliphatic carbocycles. The van der Waals surface area contributed by atoms with Crippen molar-refractivity contribution in [2.24, 2.45) is 0 Å². The molecule has 2 heterocycles. The van der Waals surface area contributed by atoms with E-state index in [1.54, 1.807) is 6.33 Å². The van der Waals surface area contributed by atoms with Gasteiger partial charge in [0.1, 0.15) is 12.2 Å².